The Morgan fingerprint density at radius 3 is 2.59 bits per heavy atom. The predicted octanol–water partition coefficient (Wildman–Crippen LogP) is 4.36. The molecule has 2 aromatic heterocycles. The van der Waals surface area contributed by atoms with E-state index in [2.05, 4.69) is 32.1 Å². The second-order valence-corrected chi connectivity index (χ2v) is 7.82. The highest BCUT2D eigenvalue weighted by Crippen LogP contribution is 2.28. The van der Waals surface area contributed by atoms with Crippen LogP contribution in [0.1, 0.15) is 55.9 Å². The molecular weight excluding hydrogens is 415 g/mol. The number of pyridine rings is 1. The average molecular weight is 442 g/mol. The van der Waals surface area contributed by atoms with Crippen molar-refractivity contribution in [2.24, 2.45) is 12.0 Å². The number of hydrogen-bond donors (Lipinski definition) is 1. The van der Waals surface area contributed by atoms with E-state index in [9.17, 15) is 13.2 Å². The summed E-state index contributed by atoms with van der Waals surface area (Å²) in [6.07, 6.45) is -1.19. The molecule has 1 aromatic carbocycles. The van der Waals surface area contributed by atoms with E-state index in [1.165, 1.54) is 12.1 Å². The number of alkyl halides is 2. The van der Waals surface area contributed by atoms with Crippen LogP contribution in [-0.4, -0.2) is 27.1 Å². The molecule has 8 heteroatoms. The van der Waals surface area contributed by atoms with Gasteiger partial charge in [-0.2, -0.15) is 0 Å². The molecule has 0 saturated heterocycles. The van der Waals surface area contributed by atoms with Crippen LogP contribution in [0.4, 0.5) is 13.2 Å². The monoisotopic (exact) mass is 441 g/mol. The molecule has 0 aliphatic carbocycles. The van der Waals surface area contributed by atoms with E-state index in [1.54, 1.807) is 19.2 Å². The van der Waals surface area contributed by atoms with Crippen LogP contribution in [0.3, 0.4) is 0 Å². The quantitative estimate of drug-likeness (QED) is 0.599. The Morgan fingerprint density at radius 2 is 1.91 bits per heavy atom. The highest BCUT2D eigenvalue weighted by Gasteiger charge is 2.19. The van der Waals surface area contributed by atoms with Crippen molar-refractivity contribution >= 4 is 10.9 Å². The molecule has 0 bridgehead atoms. The maximum Gasteiger partial charge on any atom is 0.266 e. The van der Waals surface area contributed by atoms with Gasteiger partial charge in [-0.3, -0.25) is 4.99 Å². The summed E-state index contributed by atoms with van der Waals surface area (Å²) in [4.78, 5) is 13.5. The van der Waals surface area contributed by atoms with E-state index in [0.29, 0.717) is 35.0 Å². The van der Waals surface area contributed by atoms with Crippen LogP contribution in [-0.2, 0) is 7.05 Å². The fraction of sp³-hybridized carbons (Fsp3) is 0.375. The minimum absolute atomic E-state index is 0.0949. The zero-order chi connectivity index (χ0) is 23.4. The normalized spacial score (nSPS) is 13.0. The molecule has 32 heavy (non-hydrogen) atoms. The van der Waals surface area contributed by atoms with Gasteiger partial charge in [-0.05, 0) is 39.7 Å². The standard InChI is InChI=1S/C24H26F3N5/c1-14(2)28-11-7-8-17-12-20-21(13-29-17)32(5)16(4)31-24(20)30-15(3)18-9-6-10-19(22(18)25)23(26)27/h6,9-10,12-15,23,28H,11H2,1-5H3/b30-24-/t15-/m1/s1. The second kappa shape index (κ2) is 9.96. The van der Waals surface area contributed by atoms with Gasteiger partial charge in [0, 0.05) is 24.0 Å². The molecule has 2 heterocycles. The van der Waals surface area contributed by atoms with Crippen LogP contribution in [0.15, 0.2) is 35.5 Å². The first kappa shape index (κ1) is 23.5. The minimum atomic E-state index is -2.89. The van der Waals surface area contributed by atoms with Crippen molar-refractivity contribution in [1.82, 2.24) is 19.9 Å². The molecule has 3 rings (SSSR count). The minimum Gasteiger partial charge on any atom is -0.331 e. The zero-order valence-electron chi connectivity index (χ0n) is 18.7. The fourth-order valence-corrected chi connectivity index (χ4v) is 3.23. The van der Waals surface area contributed by atoms with Gasteiger partial charge in [0.2, 0.25) is 0 Å². The van der Waals surface area contributed by atoms with Crippen LogP contribution < -0.4 is 10.8 Å². The smallest absolute Gasteiger partial charge is 0.266 e. The molecule has 3 aromatic rings. The van der Waals surface area contributed by atoms with Gasteiger partial charge in [-0.25, -0.2) is 23.1 Å². The molecule has 168 valence electrons. The predicted molar refractivity (Wildman–Crippen MR) is 119 cm³/mol. The highest BCUT2D eigenvalue weighted by molar-refractivity contribution is 5.78. The van der Waals surface area contributed by atoms with E-state index in [-0.39, 0.29) is 5.56 Å². The second-order valence-electron chi connectivity index (χ2n) is 7.82. The molecule has 0 aliphatic heterocycles. The molecule has 0 unspecified atom stereocenters. The van der Waals surface area contributed by atoms with Gasteiger partial charge in [0.25, 0.3) is 6.43 Å². The van der Waals surface area contributed by atoms with E-state index in [4.69, 9.17) is 0 Å². The Hall–Kier alpha value is -3.18. The summed E-state index contributed by atoms with van der Waals surface area (Å²) < 4.78 is 42.7. The van der Waals surface area contributed by atoms with Gasteiger partial charge >= 0.3 is 0 Å². The zero-order valence-corrected chi connectivity index (χ0v) is 18.7. The first-order valence-electron chi connectivity index (χ1n) is 10.3. The van der Waals surface area contributed by atoms with Gasteiger partial charge in [0.15, 0.2) is 5.49 Å². The molecule has 0 spiro atoms. The first-order valence-corrected chi connectivity index (χ1v) is 10.3. The Bertz CT molecular complexity index is 1250. The van der Waals surface area contributed by atoms with Crippen molar-refractivity contribution in [3.63, 3.8) is 0 Å². The maximum absolute atomic E-state index is 14.6. The van der Waals surface area contributed by atoms with E-state index >= 15 is 0 Å². The Balaban J connectivity index is 2.11. The molecule has 0 amide bonds. The lowest BCUT2D eigenvalue weighted by Gasteiger charge is -2.13. The van der Waals surface area contributed by atoms with Crippen LogP contribution in [0.2, 0.25) is 0 Å². The number of fused-ring (bicyclic) bond motifs is 1. The summed E-state index contributed by atoms with van der Waals surface area (Å²) in [6.45, 7) is 8.10. The summed E-state index contributed by atoms with van der Waals surface area (Å²) in [6, 6.07) is 5.37. The summed E-state index contributed by atoms with van der Waals surface area (Å²) in [7, 11) is 1.86. The number of benzene rings is 1. The third-order valence-corrected chi connectivity index (χ3v) is 5.11. The number of hydrogen-bond acceptors (Lipinski definition) is 4. The largest absolute Gasteiger partial charge is 0.331 e. The van der Waals surface area contributed by atoms with Crippen molar-refractivity contribution in [1.29, 1.82) is 0 Å². The van der Waals surface area contributed by atoms with Crippen LogP contribution in [0.25, 0.3) is 10.9 Å². The maximum atomic E-state index is 14.6. The third kappa shape index (κ3) is 5.17. The Kier molecular flexibility index (Phi) is 7.31. The number of aryl methyl sites for hydroxylation is 2. The summed E-state index contributed by atoms with van der Waals surface area (Å²) in [5.41, 5.74) is 1.20. The van der Waals surface area contributed by atoms with Crippen molar-refractivity contribution < 1.29 is 13.2 Å². The van der Waals surface area contributed by atoms with E-state index < -0.39 is 23.8 Å². The van der Waals surface area contributed by atoms with Crippen molar-refractivity contribution in [2.45, 2.75) is 46.2 Å². The van der Waals surface area contributed by atoms with Gasteiger partial charge in [0.05, 0.1) is 29.9 Å². The number of halogens is 3. The van der Waals surface area contributed by atoms with Crippen LogP contribution >= 0.6 is 0 Å². The molecule has 0 aliphatic rings. The molecule has 1 N–H and O–H groups in total. The van der Waals surface area contributed by atoms with Gasteiger partial charge in [-0.15, -0.1) is 0 Å². The van der Waals surface area contributed by atoms with Crippen molar-refractivity contribution in [3.8, 4) is 11.8 Å². The topological polar surface area (TPSA) is 55.1 Å². The third-order valence-electron chi connectivity index (χ3n) is 5.11. The Morgan fingerprint density at radius 1 is 1.19 bits per heavy atom. The molecule has 5 nitrogen and oxygen atoms in total. The molecule has 0 fully saturated rings. The Labute approximate surface area is 185 Å². The molecule has 0 saturated carbocycles. The molecular formula is C24H26F3N5. The SMILES string of the molecule is Cc1n/c(=N\[C@H](C)c2cccc(C(F)F)c2F)c2cc(C#CCNC(C)C)ncc2n1C. The van der Waals surface area contributed by atoms with Gasteiger partial charge < -0.3 is 9.88 Å². The number of rotatable bonds is 5. The summed E-state index contributed by atoms with van der Waals surface area (Å²) >= 11 is 0. The lowest BCUT2D eigenvalue weighted by molar-refractivity contribution is 0.146. The van der Waals surface area contributed by atoms with E-state index in [1.807, 2.05) is 32.4 Å². The van der Waals surface area contributed by atoms with E-state index in [0.717, 1.165) is 11.6 Å². The molecule has 0 radical (unpaired) electrons. The van der Waals surface area contributed by atoms with Crippen LogP contribution in [0, 0.1) is 24.6 Å². The number of aromatic nitrogens is 3. The fourth-order valence-electron chi connectivity index (χ4n) is 3.23. The van der Waals surface area contributed by atoms with Crippen LogP contribution in [0.5, 0.6) is 0 Å². The van der Waals surface area contributed by atoms with Crippen molar-refractivity contribution in [2.75, 3.05) is 6.54 Å². The lowest BCUT2D eigenvalue weighted by Crippen LogP contribution is -2.22. The average Bonchev–Trinajstić information content (AvgIpc) is 2.74. The lowest BCUT2D eigenvalue weighted by atomic mass is 10.0. The summed E-state index contributed by atoms with van der Waals surface area (Å²) in [5.74, 6) is 5.80. The number of nitrogens with one attached hydrogen (secondary N) is 1. The molecule has 1 atom stereocenters. The summed E-state index contributed by atoms with van der Waals surface area (Å²) in [5, 5.41) is 3.92. The van der Waals surface area contributed by atoms with Crippen molar-refractivity contribution in [3.05, 3.63) is 64.4 Å². The van der Waals surface area contributed by atoms with Gasteiger partial charge in [0.1, 0.15) is 17.3 Å². The highest BCUT2D eigenvalue weighted by atomic mass is 19.3. The number of nitrogens with zero attached hydrogens (tertiary/aromatic N) is 4. The first-order chi connectivity index (χ1) is 15.2. The van der Waals surface area contributed by atoms with Gasteiger partial charge in [-0.1, -0.05) is 24.1 Å².